The van der Waals surface area contributed by atoms with Crippen molar-refractivity contribution in [2.45, 2.75) is 32.2 Å². The molecule has 0 heterocycles. The van der Waals surface area contributed by atoms with Gasteiger partial charge in [-0.2, -0.15) is 0 Å². The van der Waals surface area contributed by atoms with Gasteiger partial charge in [-0.15, -0.1) is 0 Å². The minimum Gasteiger partial charge on any atom is -0.312 e. The Morgan fingerprint density at radius 3 is 2.94 bits per heavy atom. The highest BCUT2D eigenvalue weighted by atomic mass is 79.9. The summed E-state index contributed by atoms with van der Waals surface area (Å²) in [6.07, 6.45) is 7.49. The van der Waals surface area contributed by atoms with Crippen molar-refractivity contribution in [1.82, 2.24) is 5.32 Å². The number of allylic oxidation sites excluding steroid dienone is 1. The second kappa shape index (κ2) is 6.58. The van der Waals surface area contributed by atoms with Gasteiger partial charge in [-0.1, -0.05) is 45.2 Å². The number of halogens is 2. The summed E-state index contributed by atoms with van der Waals surface area (Å²) >= 11 is 9.44. The maximum absolute atomic E-state index is 5.91. The SMILES string of the molecule is Clc1ccc(CNCCC2=CCCC2)c(Br)c1. The maximum Gasteiger partial charge on any atom is 0.0417 e. The van der Waals surface area contributed by atoms with E-state index in [1.54, 1.807) is 5.57 Å². The Morgan fingerprint density at radius 2 is 2.24 bits per heavy atom. The van der Waals surface area contributed by atoms with Crippen molar-refractivity contribution in [3.05, 3.63) is 44.9 Å². The standard InChI is InChI=1S/C14H17BrClN/c15-14-9-13(16)6-5-12(14)10-17-8-7-11-3-1-2-4-11/h3,5-6,9,17H,1-2,4,7-8,10H2. The highest BCUT2D eigenvalue weighted by Crippen LogP contribution is 2.22. The van der Waals surface area contributed by atoms with E-state index in [0.29, 0.717) is 0 Å². The van der Waals surface area contributed by atoms with Gasteiger partial charge in [0, 0.05) is 16.0 Å². The summed E-state index contributed by atoms with van der Waals surface area (Å²) in [6, 6.07) is 5.94. The third-order valence-corrected chi connectivity index (χ3v) is 4.06. The molecule has 92 valence electrons. The van der Waals surface area contributed by atoms with Crippen LogP contribution in [0, 0.1) is 0 Å². The molecular weight excluding hydrogens is 298 g/mol. The van der Waals surface area contributed by atoms with Crippen LogP contribution in [0.15, 0.2) is 34.3 Å². The minimum atomic E-state index is 0.775. The molecule has 0 aromatic heterocycles. The first-order valence-electron chi connectivity index (χ1n) is 6.08. The number of benzene rings is 1. The molecular formula is C14H17BrClN. The summed E-state index contributed by atoms with van der Waals surface area (Å²) in [5.41, 5.74) is 2.88. The van der Waals surface area contributed by atoms with E-state index in [1.807, 2.05) is 12.1 Å². The van der Waals surface area contributed by atoms with Gasteiger partial charge in [0.2, 0.25) is 0 Å². The van der Waals surface area contributed by atoms with Crippen LogP contribution in [0.1, 0.15) is 31.2 Å². The van der Waals surface area contributed by atoms with E-state index in [0.717, 1.165) is 22.6 Å². The van der Waals surface area contributed by atoms with Gasteiger partial charge in [0.15, 0.2) is 0 Å². The third-order valence-electron chi connectivity index (χ3n) is 3.09. The molecule has 1 aliphatic carbocycles. The van der Waals surface area contributed by atoms with Crippen LogP contribution in [-0.2, 0) is 6.54 Å². The highest BCUT2D eigenvalue weighted by Gasteiger charge is 2.04. The Kier molecular flexibility index (Phi) is 5.08. The molecule has 0 aliphatic heterocycles. The molecule has 1 nitrogen and oxygen atoms in total. The molecule has 0 atom stereocenters. The average Bonchev–Trinajstić information content (AvgIpc) is 2.79. The van der Waals surface area contributed by atoms with Crippen LogP contribution < -0.4 is 5.32 Å². The van der Waals surface area contributed by atoms with Gasteiger partial charge >= 0.3 is 0 Å². The molecule has 1 aliphatic rings. The number of hydrogen-bond donors (Lipinski definition) is 1. The van der Waals surface area contributed by atoms with Crippen molar-refractivity contribution in [2.75, 3.05) is 6.54 Å². The summed E-state index contributed by atoms with van der Waals surface area (Å²) in [7, 11) is 0. The van der Waals surface area contributed by atoms with E-state index in [1.165, 1.54) is 31.2 Å². The van der Waals surface area contributed by atoms with Crippen LogP contribution in [0.3, 0.4) is 0 Å². The Morgan fingerprint density at radius 1 is 1.35 bits per heavy atom. The normalized spacial score (nSPS) is 15.1. The van der Waals surface area contributed by atoms with E-state index >= 15 is 0 Å². The van der Waals surface area contributed by atoms with Crippen LogP contribution in [0.2, 0.25) is 5.02 Å². The number of rotatable bonds is 5. The van der Waals surface area contributed by atoms with Crippen molar-refractivity contribution in [3.63, 3.8) is 0 Å². The lowest BCUT2D eigenvalue weighted by Gasteiger charge is -2.07. The lowest BCUT2D eigenvalue weighted by Crippen LogP contribution is -2.15. The van der Waals surface area contributed by atoms with E-state index in [4.69, 9.17) is 11.6 Å². The molecule has 0 amide bonds. The first-order chi connectivity index (χ1) is 8.25. The van der Waals surface area contributed by atoms with Crippen molar-refractivity contribution in [1.29, 1.82) is 0 Å². The summed E-state index contributed by atoms with van der Waals surface area (Å²) < 4.78 is 1.08. The Balaban J connectivity index is 1.74. The van der Waals surface area contributed by atoms with Gasteiger partial charge in [0.05, 0.1) is 0 Å². The van der Waals surface area contributed by atoms with E-state index < -0.39 is 0 Å². The predicted molar refractivity (Wildman–Crippen MR) is 77.4 cm³/mol. The van der Waals surface area contributed by atoms with Crippen molar-refractivity contribution < 1.29 is 0 Å². The first kappa shape index (κ1) is 13.1. The molecule has 1 aromatic carbocycles. The zero-order chi connectivity index (χ0) is 12.1. The summed E-state index contributed by atoms with van der Waals surface area (Å²) in [5, 5.41) is 4.25. The fraction of sp³-hybridized carbons (Fsp3) is 0.429. The number of nitrogens with one attached hydrogen (secondary N) is 1. The smallest absolute Gasteiger partial charge is 0.0417 e. The Labute approximate surface area is 116 Å². The predicted octanol–water partition coefficient (Wildman–Crippen LogP) is 4.69. The Hall–Kier alpha value is -0.310. The van der Waals surface area contributed by atoms with Gasteiger partial charge in [-0.05, 0) is 49.9 Å². The Bertz CT molecular complexity index is 415. The summed E-state index contributed by atoms with van der Waals surface area (Å²) in [5.74, 6) is 0. The molecule has 17 heavy (non-hydrogen) atoms. The zero-order valence-corrected chi connectivity index (χ0v) is 12.1. The molecule has 0 unspecified atom stereocenters. The summed E-state index contributed by atoms with van der Waals surface area (Å²) in [6.45, 7) is 1.95. The second-order valence-electron chi connectivity index (χ2n) is 4.42. The highest BCUT2D eigenvalue weighted by molar-refractivity contribution is 9.10. The topological polar surface area (TPSA) is 12.0 Å². The molecule has 1 N–H and O–H groups in total. The van der Waals surface area contributed by atoms with Crippen LogP contribution in [0.4, 0.5) is 0 Å². The molecule has 0 radical (unpaired) electrons. The van der Waals surface area contributed by atoms with Crippen molar-refractivity contribution in [2.24, 2.45) is 0 Å². The van der Waals surface area contributed by atoms with Gasteiger partial charge < -0.3 is 5.32 Å². The van der Waals surface area contributed by atoms with Crippen LogP contribution >= 0.6 is 27.5 Å². The molecule has 0 saturated heterocycles. The van der Waals surface area contributed by atoms with Gasteiger partial charge in [0.1, 0.15) is 0 Å². The average molecular weight is 315 g/mol. The lowest BCUT2D eigenvalue weighted by atomic mass is 10.1. The van der Waals surface area contributed by atoms with Crippen LogP contribution in [0.25, 0.3) is 0 Å². The fourth-order valence-corrected chi connectivity index (χ4v) is 2.92. The fourth-order valence-electron chi connectivity index (χ4n) is 2.10. The molecule has 0 fully saturated rings. The first-order valence-corrected chi connectivity index (χ1v) is 7.25. The van der Waals surface area contributed by atoms with Crippen LogP contribution in [-0.4, -0.2) is 6.54 Å². The minimum absolute atomic E-state index is 0.775. The van der Waals surface area contributed by atoms with E-state index in [9.17, 15) is 0 Å². The molecule has 0 saturated carbocycles. The largest absolute Gasteiger partial charge is 0.312 e. The van der Waals surface area contributed by atoms with Crippen molar-refractivity contribution in [3.8, 4) is 0 Å². The molecule has 2 rings (SSSR count). The monoisotopic (exact) mass is 313 g/mol. The van der Waals surface area contributed by atoms with Crippen molar-refractivity contribution >= 4 is 27.5 Å². The van der Waals surface area contributed by atoms with E-state index in [-0.39, 0.29) is 0 Å². The van der Waals surface area contributed by atoms with Gasteiger partial charge in [0.25, 0.3) is 0 Å². The van der Waals surface area contributed by atoms with Gasteiger partial charge in [-0.3, -0.25) is 0 Å². The zero-order valence-electron chi connectivity index (χ0n) is 9.81. The second-order valence-corrected chi connectivity index (χ2v) is 5.71. The quantitative estimate of drug-likeness (QED) is 0.614. The summed E-state index contributed by atoms with van der Waals surface area (Å²) in [4.78, 5) is 0. The molecule has 1 aromatic rings. The molecule has 3 heteroatoms. The number of hydrogen-bond acceptors (Lipinski definition) is 1. The van der Waals surface area contributed by atoms with Crippen LogP contribution in [0.5, 0.6) is 0 Å². The molecule has 0 spiro atoms. The lowest BCUT2D eigenvalue weighted by molar-refractivity contribution is 0.674. The maximum atomic E-state index is 5.91. The molecule has 0 bridgehead atoms. The third kappa shape index (κ3) is 4.13. The van der Waals surface area contributed by atoms with E-state index in [2.05, 4.69) is 33.4 Å². The van der Waals surface area contributed by atoms with Gasteiger partial charge in [-0.25, -0.2) is 0 Å².